The van der Waals surface area contributed by atoms with E-state index in [0.717, 1.165) is 11.8 Å². The Morgan fingerprint density at radius 3 is 2.03 bits per heavy atom. The lowest BCUT2D eigenvalue weighted by Gasteiger charge is -2.28. The average molecular weight is 533 g/mol. The zero-order chi connectivity index (χ0) is 27.5. The quantitative estimate of drug-likeness (QED) is 0.197. The summed E-state index contributed by atoms with van der Waals surface area (Å²) in [4.78, 5) is 48.3. The zero-order valence-corrected chi connectivity index (χ0v) is 21.3. The Labute approximate surface area is 215 Å². The summed E-state index contributed by atoms with van der Waals surface area (Å²) in [6, 6.07) is 17.7. The highest BCUT2D eigenvalue weighted by Gasteiger charge is 2.38. The number of hydrogen-bond donors (Lipinski definition) is 5. The Balaban J connectivity index is 2.11. The minimum atomic E-state index is -3.92. The van der Waals surface area contributed by atoms with Crippen LogP contribution in [0.25, 0.3) is 0 Å². The van der Waals surface area contributed by atoms with Crippen LogP contribution in [0.4, 0.5) is 0 Å². The van der Waals surface area contributed by atoms with Gasteiger partial charge in [0.05, 0.1) is 6.54 Å². The number of benzene rings is 2. The molecule has 0 radical (unpaired) electrons. The predicted octanol–water partition coefficient (Wildman–Crippen LogP) is -0.812. The van der Waals surface area contributed by atoms with E-state index in [4.69, 9.17) is 5.73 Å². The molecule has 37 heavy (non-hydrogen) atoms. The standard InChI is InChI=1S/C25H32N4O7S/c1-37(35,36)20(12-13-27-22(31)14-21(26)30)23(32)29-17-25(34,15-18-8-4-2-5-9-18)24(33)28-16-19-10-6-3-7-11-19/h2-11,20,34H,12-17H2,1H3,(H2,26,30)(H,27,31)(H,28,33)(H,29,32)/t20-,25+/m0/s1. The molecule has 12 heteroatoms. The van der Waals surface area contributed by atoms with Crippen molar-refractivity contribution in [1.82, 2.24) is 16.0 Å². The van der Waals surface area contributed by atoms with Gasteiger partial charge in [0.25, 0.3) is 5.91 Å². The molecule has 0 aromatic heterocycles. The van der Waals surface area contributed by atoms with Crippen LogP contribution in [-0.2, 0) is 42.0 Å². The van der Waals surface area contributed by atoms with E-state index in [1.807, 2.05) is 6.07 Å². The summed E-state index contributed by atoms with van der Waals surface area (Å²) in [5.74, 6) is -3.23. The fourth-order valence-electron chi connectivity index (χ4n) is 3.55. The van der Waals surface area contributed by atoms with Gasteiger partial charge in [0.15, 0.2) is 15.4 Å². The first kappa shape index (κ1) is 29.5. The number of amides is 4. The van der Waals surface area contributed by atoms with Crippen LogP contribution in [0.1, 0.15) is 24.0 Å². The summed E-state index contributed by atoms with van der Waals surface area (Å²) in [5.41, 5.74) is 4.29. The van der Waals surface area contributed by atoms with Gasteiger partial charge in [0.1, 0.15) is 11.7 Å². The Morgan fingerprint density at radius 1 is 0.919 bits per heavy atom. The van der Waals surface area contributed by atoms with Crippen LogP contribution in [0.3, 0.4) is 0 Å². The van der Waals surface area contributed by atoms with E-state index in [-0.39, 0.29) is 25.9 Å². The Hall–Kier alpha value is -3.77. The minimum absolute atomic E-state index is 0.137. The second-order valence-electron chi connectivity index (χ2n) is 8.68. The molecule has 0 saturated carbocycles. The molecule has 0 bridgehead atoms. The van der Waals surface area contributed by atoms with Gasteiger partial charge in [-0.15, -0.1) is 0 Å². The molecule has 2 atom stereocenters. The molecule has 6 N–H and O–H groups in total. The van der Waals surface area contributed by atoms with Crippen LogP contribution in [0, 0.1) is 0 Å². The number of nitrogens with two attached hydrogens (primary N) is 1. The van der Waals surface area contributed by atoms with Crippen molar-refractivity contribution >= 4 is 33.5 Å². The van der Waals surface area contributed by atoms with Crippen molar-refractivity contribution in [2.24, 2.45) is 5.73 Å². The van der Waals surface area contributed by atoms with E-state index in [2.05, 4.69) is 16.0 Å². The summed E-state index contributed by atoms with van der Waals surface area (Å²) < 4.78 is 24.5. The average Bonchev–Trinajstić information content (AvgIpc) is 2.83. The van der Waals surface area contributed by atoms with Crippen LogP contribution in [0.5, 0.6) is 0 Å². The number of carbonyl (C=O) groups is 4. The van der Waals surface area contributed by atoms with Gasteiger partial charge in [-0.25, -0.2) is 8.42 Å². The van der Waals surface area contributed by atoms with Crippen molar-refractivity contribution in [3.05, 3.63) is 71.8 Å². The van der Waals surface area contributed by atoms with Gasteiger partial charge in [0.2, 0.25) is 17.7 Å². The molecule has 0 aliphatic rings. The molecule has 0 spiro atoms. The normalized spacial score (nSPS) is 13.6. The van der Waals surface area contributed by atoms with Gasteiger partial charge in [-0.1, -0.05) is 60.7 Å². The lowest BCUT2D eigenvalue weighted by molar-refractivity contribution is -0.140. The van der Waals surface area contributed by atoms with E-state index < -0.39 is 57.3 Å². The van der Waals surface area contributed by atoms with Gasteiger partial charge in [-0.3, -0.25) is 19.2 Å². The zero-order valence-electron chi connectivity index (χ0n) is 20.5. The van der Waals surface area contributed by atoms with Crippen LogP contribution >= 0.6 is 0 Å². The molecule has 0 fully saturated rings. The van der Waals surface area contributed by atoms with Crippen molar-refractivity contribution in [2.45, 2.75) is 36.7 Å². The topological polar surface area (TPSA) is 185 Å². The van der Waals surface area contributed by atoms with Crippen molar-refractivity contribution in [3.63, 3.8) is 0 Å². The molecule has 2 aromatic carbocycles. The lowest BCUT2D eigenvalue weighted by atomic mass is 9.93. The highest BCUT2D eigenvalue weighted by atomic mass is 32.2. The molecule has 0 aliphatic carbocycles. The van der Waals surface area contributed by atoms with Crippen LogP contribution in [-0.4, -0.2) is 67.3 Å². The van der Waals surface area contributed by atoms with Crippen molar-refractivity contribution < 1.29 is 32.7 Å². The van der Waals surface area contributed by atoms with E-state index >= 15 is 0 Å². The Morgan fingerprint density at radius 2 is 1.49 bits per heavy atom. The predicted molar refractivity (Wildman–Crippen MR) is 136 cm³/mol. The molecular formula is C25H32N4O7S. The highest BCUT2D eigenvalue weighted by Crippen LogP contribution is 2.15. The summed E-state index contributed by atoms with van der Waals surface area (Å²) in [7, 11) is -3.92. The van der Waals surface area contributed by atoms with Gasteiger partial charge >= 0.3 is 0 Å². The smallest absolute Gasteiger partial charge is 0.254 e. The number of rotatable bonds is 14. The summed E-state index contributed by atoms with van der Waals surface area (Å²) in [6.45, 7) is -0.619. The number of primary amides is 1. The SMILES string of the molecule is CS(=O)(=O)[C@@H](CCNC(=O)CC(N)=O)C(=O)NC[C@](O)(Cc1ccccc1)C(=O)NCc1ccccc1. The van der Waals surface area contributed by atoms with Gasteiger partial charge < -0.3 is 26.8 Å². The van der Waals surface area contributed by atoms with Crippen molar-refractivity contribution in [1.29, 1.82) is 0 Å². The third-order valence-corrected chi connectivity index (χ3v) is 6.97. The van der Waals surface area contributed by atoms with Gasteiger partial charge in [-0.2, -0.15) is 0 Å². The molecule has 4 amide bonds. The second kappa shape index (κ2) is 13.5. The summed E-state index contributed by atoms with van der Waals surface area (Å²) >= 11 is 0. The lowest BCUT2D eigenvalue weighted by Crippen LogP contribution is -2.56. The Kier molecular flexibility index (Phi) is 10.8. The first-order valence-electron chi connectivity index (χ1n) is 11.5. The number of nitrogens with one attached hydrogen (secondary N) is 3. The molecule has 0 unspecified atom stereocenters. The molecule has 200 valence electrons. The van der Waals surface area contributed by atoms with Crippen LogP contribution in [0.2, 0.25) is 0 Å². The van der Waals surface area contributed by atoms with Crippen molar-refractivity contribution in [3.8, 4) is 0 Å². The Bertz CT molecular complexity index is 1190. The van der Waals surface area contributed by atoms with E-state index in [1.54, 1.807) is 54.6 Å². The van der Waals surface area contributed by atoms with Gasteiger partial charge in [0, 0.05) is 25.8 Å². The molecule has 11 nitrogen and oxygen atoms in total. The maximum atomic E-state index is 13.0. The maximum absolute atomic E-state index is 13.0. The molecule has 2 rings (SSSR count). The van der Waals surface area contributed by atoms with E-state index in [1.165, 1.54) is 0 Å². The van der Waals surface area contributed by atoms with E-state index in [9.17, 15) is 32.7 Å². The first-order valence-corrected chi connectivity index (χ1v) is 13.5. The third kappa shape index (κ3) is 10.0. The van der Waals surface area contributed by atoms with Gasteiger partial charge in [-0.05, 0) is 17.5 Å². The monoisotopic (exact) mass is 532 g/mol. The molecule has 2 aromatic rings. The van der Waals surface area contributed by atoms with Crippen LogP contribution in [0.15, 0.2) is 60.7 Å². The molecule has 0 heterocycles. The highest BCUT2D eigenvalue weighted by molar-refractivity contribution is 7.92. The number of sulfone groups is 1. The molecule has 0 saturated heterocycles. The second-order valence-corrected chi connectivity index (χ2v) is 10.9. The van der Waals surface area contributed by atoms with E-state index in [0.29, 0.717) is 5.56 Å². The van der Waals surface area contributed by atoms with Crippen LogP contribution < -0.4 is 21.7 Å². The summed E-state index contributed by atoms with van der Waals surface area (Å²) in [5, 5.41) is 17.1. The minimum Gasteiger partial charge on any atom is -0.378 e. The molecular weight excluding hydrogens is 500 g/mol. The first-order chi connectivity index (χ1) is 17.4. The fraction of sp³-hybridized carbons (Fsp3) is 0.360. The molecule has 0 aliphatic heterocycles. The summed E-state index contributed by atoms with van der Waals surface area (Å²) in [6.07, 6.45) is -0.125. The maximum Gasteiger partial charge on any atom is 0.254 e. The van der Waals surface area contributed by atoms with Crippen molar-refractivity contribution in [2.75, 3.05) is 19.3 Å². The third-order valence-electron chi connectivity index (χ3n) is 5.49. The fourth-order valence-corrected chi connectivity index (χ4v) is 4.57. The number of aliphatic hydroxyl groups is 1. The largest absolute Gasteiger partial charge is 0.378 e. The number of hydrogen-bond acceptors (Lipinski definition) is 7. The number of carbonyl (C=O) groups excluding carboxylic acids is 4.